The number of aliphatic imine (C=N–C) groups is 1. The molecular weight excluding hydrogens is 254 g/mol. The molecule has 6 nitrogen and oxygen atoms in total. The van der Waals surface area contributed by atoms with Crippen LogP contribution in [0.2, 0.25) is 0 Å². The number of nitrogens with one attached hydrogen (secondary N) is 2. The van der Waals surface area contributed by atoms with E-state index in [1.165, 1.54) is 5.57 Å². The van der Waals surface area contributed by atoms with E-state index in [0.29, 0.717) is 5.92 Å². The molecule has 4 N–H and O–H groups in total. The summed E-state index contributed by atoms with van der Waals surface area (Å²) in [6, 6.07) is 0.259. The molecule has 0 aromatic carbocycles. The summed E-state index contributed by atoms with van der Waals surface area (Å²) in [4.78, 5) is 4.27. The fourth-order valence-electron chi connectivity index (χ4n) is 3.26. The van der Waals surface area contributed by atoms with Crippen LogP contribution in [0.25, 0.3) is 0 Å². The molecule has 0 aromatic rings. The first kappa shape index (κ1) is 13.5. The van der Waals surface area contributed by atoms with Gasteiger partial charge in [0.05, 0.1) is 24.7 Å². The molecule has 3 rings (SSSR count). The number of hydrazine groups is 1. The van der Waals surface area contributed by atoms with E-state index in [1.54, 1.807) is 6.34 Å². The van der Waals surface area contributed by atoms with Gasteiger partial charge in [0.15, 0.2) is 0 Å². The summed E-state index contributed by atoms with van der Waals surface area (Å²) in [7, 11) is 2.01. The Morgan fingerprint density at radius 1 is 1.55 bits per heavy atom. The number of hydrogen-bond donors (Lipinski definition) is 3. The standard InChI is InChI=1S/C14H23N5O/c1-3-20-10-6-4-9(5-7-10)12-11-13(15)16-8-17-14(11)19(2)18-12/h6,8-9,12-13,18H,3-5,7,15H2,1-2H3,(H,16,17)/t9-,12?,13?/m0/s1. The van der Waals surface area contributed by atoms with Crippen LogP contribution >= 0.6 is 0 Å². The summed E-state index contributed by atoms with van der Waals surface area (Å²) in [6.45, 7) is 2.78. The molecule has 0 saturated heterocycles. The Bertz CT molecular complexity index is 470. The van der Waals surface area contributed by atoms with Crippen molar-refractivity contribution in [3.05, 3.63) is 23.2 Å². The fraction of sp³-hybridized carbons (Fsp3) is 0.643. The van der Waals surface area contributed by atoms with Gasteiger partial charge in [-0.1, -0.05) is 0 Å². The van der Waals surface area contributed by atoms with Gasteiger partial charge in [0.1, 0.15) is 12.0 Å². The SMILES string of the molecule is CCOC1=CC[C@H](C2NN(C)C3=C2C(N)N=CN3)CC1. The third kappa shape index (κ3) is 2.29. The van der Waals surface area contributed by atoms with E-state index in [0.717, 1.165) is 37.4 Å². The lowest BCUT2D eigenvalue weighted by atomic mass is 9.83. The van der Waals surface area contributed by atoms with Crippen molar-refractivity contribution >= 4 is 6.34 Å². The van der Waals surface area contributed by atoms with E-state index < -0.39 is 0 Å². The Hall–Kier alpha value is -1.53. The quantitative estimate of drug-likeness (QED) is 0.706. The van der Waals surface area contributed by atoms with Crippen LogP contribution in [0.3, 0.4) is 0 Å². The van der Waals surface area contributed by atoms with Crippen LogP contribution in [0.4, 0.5) is 0 Å². The predicted molar refractivity (Wildman–Crippen MR) is 78.4 cm³/mol. The number of hydrogen-bond acceptors (Lipinski definition) is 6. The van der Waals surface area contributed by atoms with Gasteiger partial charge in [0.2, 0.25) is 0 Å². The van der Waals surface area contributed by atoms with Crippen molar-refractivity contribution < 1.29 is 4.74 Å². The van der Waals surface area contributed by atoms with Crippen molar-refractivity contribution in [3.8, 4) is 0 Å². The van der Waals surface area contributed by atoms with E-state index in [4.69, 9.17) is 10.5 Å². The second-order valence-electron chi connectivity index (χ2n) is 5.47. The highest BCUT2D eigenvalue weighted by Crippen LogP contribution is 2.34. The molecule has 110 valence electrons. The molecule has 0 radical (unpaired) electrons. The van der Waals surface area contributed by atoms with Crippen LogP contribution in [0, 0.1) is 5.92 Å². The van der Waals surface area contributed by atoms with Gasteiger partial charge in [-0.3, -0.25) is 10.0 Å². The molecule has 3 aliphatic rings. The maximum atomic E-state index is 6.15. The Balaban J connectivity index is 1.74. The van der Waals surface area contributed by atoms with Crippen LogP contribution in [-0.2, 0) is 4.74 Å². The third-order valence-corrected chi connectivity index (χ3v) is 4.24. The lowest BCUT2D eigenvalue weighted by Gasteiger charge is -2.30. The molecule has 0 spiro atoms. The van der Waals surface area contributed by atoms with Crippen LogP contribution in [0.1, 0.15) is 26.2 Å². The van der Waals surface area contributed by atoms with Gasteiger partial charge < -0.3 is 15.8 Å². The first-order valence-electron chi connectivity index (χ1n) is 7.30. The molecule has 2 heterocycles. The third-order valence-electron chi connectivity index (χ3n) is 4.24. The maximum Gasteiger partial charge on any atom is 0.126 e. The second kappa shape index (κ2) is 5.46. The van der Waals surface area contributed by atoms with Crippen molar-refractivity contribution in [2.75, 3.05) is 13.7 Å². The minimum atomic E-state index is -0.244. The van der Waals surface area contributed by atoms with Crippen molar-refractivity contribution in [3.63, 3.8) is 0 Å². The molecule has 0 saturated carbocycles. The summed E-state index contributed by atoms with van der Waals surface area (Å²) >= 11 is 0. The van der Waals surface area contributed by atoms with E-state index >= 15 is 0 Å². The minimum absolute atomic E-state index is 0.244. The van der Waals surface area contributed by atoms with Crippen LogP contribution in [0.15, 0.2) is 28.2 Å². The highest BCUT2D eigenvalue weighted by molar-refractivity contribution is 5.61. The average molecular weight is 277 g/mol. The monoisotopic (exact) mass is 277 g/mol. The molecule has 0 bridgehead atoms. The lowest BCUT2D eigenvalue weighted by molar-refractivity contribution is 0.189. The van der Waals surface area contributed by atoms with Gasteiger partial charge >= 0.3 is 0 Å². The van der Waals surface area contributed by atoms with Crippen molar-refractivity contribution in [1.29, 1.82) is 0 Å². The van der Waals surface area contributed by atoms with Gasteiger partial charge in [-0.25, -0.2) is 5.43 Å². The average Bonchev–Trinajstić information content (AvgIpc) is 2.79. The van der Waals surface area contributed by atoms with Gasteiger partial charge in [-0.2, -0.15) is 0 Å². The predicted octanol–water partition coefficient (Wildman–Crippen LogP) is 0.653. The molecule has 20 heavy (non-hydrogen) atoms. The van der Waals surface area contributed by atoms with Crippen molar-refractivity contribution in [1.82, 2.24) is 15.8 Å². The highest BCUT2D eigenvalue weighted by atomic mass is 16.5. The zero-order chi connectivity index (χ0) is 14.1. The summed E-state index contributed by atoms with van der Waals surface area (Å²) in [5, 5.41) is 5.21. The molecule has 0 amide bonds. The molecular formula is C14H23N5O. The topological polar surface area (TPSA) is 74.9 Å². The van der Waals surface area contributed by atoms with E-state index in [2.05, 4.69) is 21.8 Å². The lowest BCUT2D eigenvalue weighted by Crippen LogP contribution is -2.42. The number of allylic oxidation sites excluding steroid dienone is 2. The maximum absolute atomic E-state index is 6.15. The summed E-state index contributed by atoms with van der Waals surface area (Å²) in [5.41, 5.74) is 10.8. The summed E-state index contributed by atoms with van der Waals surface area (Å²) in [5.74, 6) is 2.72. The molecule has 3 atom stereocenters. The van der Waals surface area contributed by atoms with Crippen molar-refractivity contribution in [2.24, 2.45) is 16.6 Å². The van der Waals surface area contributed by atoms with Crippen molar-refractivity contribution in [2.45, 2.75) is 38.4 Å². The van der Waals surface area contributed by atoms with Crippen LogP contribution in [0.5, 0.6) is 0 Å². The van der Waals surface area contributed by atoms with Gasteiger partial charge in [-0.15, -0.1) is 0 Å². The zero-order valence-corrected chi connectivity index (χ0v) is 12.1. The minimum Gasteiger partial charge on any atom is -0.499 e. The number of nitrogens with two attached hydrogens (primary N) is 1. The molecule has 2 unspecified atom stereocenters. The van der Waals surface area contributed by atoms with Gasteiger partial charge in [0.25, 0.3) is 0 Å². The Kier molecular flexibility index (Phi) is 3.67. The summed E-state index contributed by atoms with van der Waals surface area (Å²) in [6.07, 6.45) is 6.81. The molecule has 2 aliphatic heterocycles. The van der Waals surface area contributed by atoms with Gasteiger partial charge in [-0.05, 0) is 31.8 Å². The smallest absolute Gasteiger partial charge is 0.126 e. The number of rotatable bonds is 3. The normalized spacial score (nSPS) is 32.9. The number of nitrogens with zero attached hydrogens (tertiary/aromatic N) is 2. The fourth-order valence-corrected chi connectivity index (χ4v) is 3.26. The Morgan fingerprint density at radius 3 is 3.10 bits per heavy atom. The Morgan fingerprint density at radius 2 is 2.40 bits per heavy atom. The first-order chi connectivity index (χ1) is 9.70. The van der Waals surface area contributed by atoms with E-state index in [-0.39, 0.29) is 12.2 Å². The van der Waals surface area contributed by atoms with Crippen LogP contribution in [-0.4, -0.2) is 37.2 Å². The molecule has 0 fully saturated rings. The summed E-state index contributed by atoms with van der Waals surface area (Å²) < 4.78 is 5.60. The first-order valence-corrected chi connectivity index (χ1v) is 7.30. The highest BCUT2D eigenvalue weighted by Gasteiger charge is 2.39. The van der Waals surface area contributed by atoms with E-state index in [9.17, 15) is 0 Å². The largest absolute Gasteiger partial charge is 0.499 e. The molecule has 6 heteroatoms. The van der Waals surface area contributed by atoms with Crippen LogP contribution < -0.4 is 16.5 Å². The second-order valence-corrected chi connectivity index (χ2v) is 5.47. The van der Waals surface area contributed by atoms with Gasteiger partial charge in [0, 0.05) is 19.0 Å². The van der Waals surface area contributed by atoms with E-state index in [1.807, 2.05) is 19.0 Å². The number of ether oxygens (including phenoxy) is 1. The zero-order valence-electron chi connectivity index (χ0n) is 12.1. The Labute approximate surface area is 119 Å². The molecule has 1 aliphatic carbocycles. The molecule has 0 aromatic heterocycles.